The van der Waals surface area contributed by atoms with Crippen LogP contribution in [0.25, 0.3) is 0 Å². The van der Waals surface area contributed by atoms with Crippen LogP contribution < -0.4 is 9.62 Å². The molecule has 0 radical (unpaired) electrons. The molecule has 0 saturated carbocycles. The van der Waals surface area contributed by atoms with Crippen LogP contribution in [0.15, 0.2) is 60.8 Å². The van der Waals surface area contributed by atoms with Gasteiger partial charge < -0.3 is 10.2 Å². The molecule has 1 amide bonds. The molecule has 2 aromatic carbocycles. The van der Waals surface area contributed by atoms with Crippen molar-refractivity contribution in [3.05, 3.63) is 93.2 Å². The number of carbonyl (C=O) groups excluding carboxylic acids is 1. The summed E-state index contributed by atoms with van der Waals surface area (Å²) in [6, 6.07) is 13.0. The lowest BCUT2D eigenvalue weighted by Gasteiger charge is -2.26. The van der Waals surface area contributed by atoms with Gasteiger partial charge in [-0.15, -0.1) is 0 Å². The Labute approximate surface area is 235 Å². The molecule has 0 aliphatic heterocycles. The van der Waals surface area contributed by atoms with E-state index in [1.165, 1.54) is 34.6 Å². The number of pyridine rings is 1. The SMILES string of the molecule is CN(C)CCCS(=O)(=O)N(Cc1cccc(Cl)c1Cl)c1ccc(C(=O)NCc2ccc(C(F)(F)F)nc2)cc1. The Morgan fingerprint density at radius 2 is 1.72 bits per heavy atom. The van der Waals surface area contributed by atoms with Crippen molar-refractivity contribution in [3.63, 3.8) is 0 Å². The Morgan fingerprint density at radius 1 is 1.03 bits per heavy atom. The minimum Gasteiger partial charge on any atom is -0.348 e. The molecule has 13 heteroatoms. The van der Waals surface area contributed by atoms with E-state index in [1.807, 2.05) is 19.0 Å². The van der Waals surface area contributed by atoms with Crippen molar-refractivity contribution in [1.29, 1.82) is 0 Å². The van der Waals surface area contributed by atoms with Gasteiger partial charge in [0.05, 0.1) is 28.0 Å². The van der Waals surface area contributed by atoms with E-state index in [0.717, 1.165) is 12.3 Å². The van der Waals surface area contributed by atoms with E-state index in [9.17, 15) is 26.4 Å². The molecule has 3 aromatic rings. The number of anilines is 1. The summed E-state index contributed by atoms with van der Waals surface area (Å²) in [5, 5.41) is 3.17. The molecule has 0 bridgehead atoms. The molecule has 0 fully saturated rings. The molecule has 0 aliphatic carbocycles. The lowest BCUT2D eigenvalue weighted by atomic mass is 10.1. The molecule has 0 aliphatic rings. The average molecular weight is 603 g/mol. The quantitative estimate of drug-likeness (QED) is 0.308. The van der Waals surface area contributed by atoms with Crippen LogP contribution in [0.5, 0.6) is 0 Å². The molecule has 1 N–H and O–H groups in total. The van der Waals surface area contributed by atoms with Gasteiger partial charge in [0, 0.05) is 18.3 Å². The predicted molar refractivity (Wildman–Crippen MR) is 146 cm³/mol. The van der Waals surface area contributed by atoms with E-state index in [0.29, 0.717) is 34.8 Å². The van der Waals surface area contributed by atoms with Crippen LogP contribution >= 0.6 is 23.2 Å². The topological polar surface area (TPSA) is 82.6 Å². The first-order valence-corrected chi connectivity index (χ1v) is 14.1. The maximum atomic E-state index is 13.4. The number of aromatic nitrogens is 1. The molecule has 39 heavy (non-hydrogen) atoms. The van der Waals surface area contributed by atoms with Gasteiger partial charge in [-0.05, 0) is 74.6 Å². The number of nitrogens with one attached hydrogen (secondary N) is 1. The van der Waals surface area contributed by atoms with E-state index in [2.05, 4.69) is 10.3 Å². The number of carbonyl (C=O) groups is 1. The zero-order chi connectivity index (χ0) is 28.8. The van der Waals surface area contributed by atoms with Crippen molar-refractivity contribution in [2.75, 3.05) is 30.7 Å². The predicted octanol–water partition coefficient (Wildman–Crippen LogP) is 5.63. The molecular weight excluding hydrogens is 576 g/mol. The first-order valence-electron chi connectivity index (χ1n) is 11.8. The number of halogens is 5. The number of alkyl halides is 3. The molecule has 0 atom stereocenters. The summed E-state index contributed by atoms with van der Waals surface area (Å²) in [5.74, 6) is -0.591. The van der Waals surface area contributed by atoms with Gasteiger partial charge in [-0.3, -0.25) is 14.1 Å². The zero-order valence-electron chi connectivity index (χ0n) is 21.2. The van der Waals surface area contributed by atoms with Crippen LogP contribution in [0, 0.1) is 0 Å². The molecular formula is C26H27Cl2F3N4O3S. The number of sulfonamides is 1. The highest BCUT2D eigenvalue weighted by Gasteiger charge is 2.32. The second-order valence-electron chi connectivity index (χ2n) is 8.97. The summed E-state index contributed by atoms with van der Waals surface area (Å²) in [6.07, 6.45) is -3.09. The lowest BCUT2D eigenvalue weighted by molar-refractivity contribution is -0.141. The molecule has 210 valence electrons. The summed E-state index contributed by atoms with van der Waals surface area (Å²) in [7, 11) is -0.0647. The molecule has 1 aromatic heterocycles. The number of hydrogen-bond donors (Lipinski definition) is 1. The standard InChI is InChI=1S/C26H27Cl2F3N4O3S/c1-34(2)13-4-14-39(37,38)35(17-20-5-3-6-22(27)24(20)28)21-10-8-19(9-11-21)25(36)33-16-18-7-12-23(32-15-18)26(29,30)31/h3,5-12,15H,4,13-14,16-17H2,1-2H3,(H,33,36). The van der Waals surface area contributed by atoms with Gasteiger partial charge in [-0.25, -0.2) is 8.42 Å². The van der Waals surface area contributed by atoms with Gasteiger partial charge in [0.1, 0.15) is 5.69 Å². The van der Waals surface area contributed by atoms with Crippen molar-refractivity contribution >= 4 is 44.8 Å². The number of benzene rings is 2. The highest BCUT2D eigenvalue weighted by molar-refractivity contribution is 7.92. The summed E-state index contributed by atoms with van der Waals surface area (Å²) >= 11 is 12.5. The van der Waals surface area contributed by atoms with Crippen molar-refractivity contribution in [2.45, 2.75) is 25.7 Å². The number of rotatable bonds is 11. The fraction of sp³-hybridized carbons (Fsp3) is 0.308. The fourth-order valence-corrected chi connectivity index (χ4v) is 5.48. The summed E-state index contributed by atoms with van der Waals surface area (Å²) in [6.45, 7) is 0.486. The van der Waals surface area contributed by atoms with E-state index in [4.69, 9.17) is 23.2 Å². The monoisotopic (exact) mass is 602 g/mol. The Balaban J connectivity index is 1.77. The van der Waals surface area contributed by atoms with Gasteiger partial charge in [-0.2, -0.15) is 13.2 Å². The van der Waals surface area contributed by atoms with E-state index in [1.54, 1.807) is 18.2 Å². The van der Waals surface area contributed by atoms with Crippen molar-refractivity contribution in [1.82, 2.24) is 15.2 Å². The van der Waals surface area contributed by atoms with Gasteiger partial charge in [0.15, 0.2) is 0 Å². The van der Waals surface area contributed by atoms with Gasteiger partial charge in [0.2, 0.25) is 10.0 Å². The summed E-state index contributed by atoms with van der Waals surface area (Å²) in [4.78, 5) is 17.9. The van der Waals surface area contributed by atoms with Gasteiger partial charge in [-0.1, -0.05) is 41.4 Å². The largest absolute Gasteiger partial charge is 0.433 e. The van der Waals surface area contributed by atoms with E-state index in [-0.39, 0.29) is 29.4 Å². The minimum absolute atomic E-state index is 0.0363. The normalized spacial score (nSPS) is 12.0. The van der Waals surface area contributed by atoms with Crippen LogP contribution in [0.3, 0.4) is 0 Å². The molecule has 7 nitrogen and oxygen atoms in total. The lowest BCUT2D eigenvalue weighted by Crippen LogP contribution is -2.33. The van der Waals surface area contributed by atoms with Crippen LogP contribution in [-0.2, 0) is 29.3 Å². The van der Waals surface area contributed by atoms with Crippen molar-refractivity contribution < 1.29 is 26.4 Å². The number of nitrogens with zero attached hydrogens (tertiary/aromatic N) is 3. The Morgan fingerprint density at radius 3 is 2.31 bits per heavy atom. The summed E-state index contributed by atoms with van der Waals surface area (Å²) < 4.78 is 66.0. The minimum atomic E-state index is -4.55. The van der Waals surface area contributed by atoms with Crippen LogP contribution in [0.2, 0.25) is 10.0 Å². The third-order valence-electron chi connectivity index (χ3n) is 5.67. The highest BCUT2D eigenvalue weighted by atomic mass is 35.5. The summed E-state index contributed by atoms with van der Waals surface area (Å²) in [5.41, 5.74) is 0.464. The maximum absolute atomic E-state index is 13.4. The van der Waals surface area contributed by atoms with Gasteiger partial charge in [0.25, 0.3) is 5.91 Å². The molecule has 1 heterocycles. The molecule has 0 spiro atoms. The first kappa shape index (κ1) is 30.7. The van der Waals surface area contributed by atoms with Crippen LogP contribution in [0.4, 0.5) is 18.9 Å². The van der Waals surface area contributed by atoms with E-state index < -0.39 is 27.8 Å². The molecule has 3 rings (SSSR count). The Hall–Kier alpha value is -2.86. The third kappa shape index (κ3) is 8.56. The molecule has 0 unspecified atom stereocenters. The molecule has 0 saturated heterocycles. The second kappa shape index (κ2) is 13.0. The Kier molecular flexibility index (Phi) is 10.2. The van der Waals surface area contributed by atoms with Crippen LogP contribution in [0.1, 0.15) is 33.6 Å². The maximum Gasteiger partial charge on any atom is 0.433 e. The number of amides is 1. The third-order valence-corrected chi connectivity index (χ3v) is 8.35. The fourth-order valence-electron chi connectivity index (χ4n) is 3.61. The Bertz CT molecular complexity index is 1390. The van der Waals surface area contributed by atoms with Gasteiger partial charge >= 0.3 is 6.18 Å². The van der Waals surface area contributed by atoms with Crippen molar-refractivity contribution in [3.8, 4) is 0 Å². The van der Waals surface area contributed by atoms with E-state index >= 15 is 0 Å². The number of hydrogen-bond acceptors (Lipinski definition) is 5. The second-order valence-corrected chi connectivity index (χ2v) is 11.8. The smallest absolute Gasteiger partial charge is 0.348 e. The highest BCUT2D eigenvalue weighted by Crippen LogP contribution is 2.30. The average Bonchev–Trinajstić information content (AvgIpc) is 2.87. The van der Waals surface area contributed by atoms with Crippen LogP contribution in [-0.4, -0.2) is 50.6 Å². The van der Waals surface area contributed by atoms with Crippen molar-refractivity contribution in [2.24, 2.45) is 0 Å². The zero-order valence-corrected chi connectivity index (χ0v) is 23.5. The first-order chi connectivity index (χ1) is 18.3.